The van der Waals surface area contributed by atoms with Gasteiger partial charge in [0.25, 0.3) is 0 Å². The van der Waals surface area contributed by atoms with Crippen LogP contribution in [0.2, 0.25) is 0 Å². The Kier molecular flexibility index (Phi) is 9.98. The molecule has 14 heavy (non-hydrogen) atoms. The van der Waals surface area contributed by atoms with E-state index in [-0.39, 0.29) is 0 Å². The van der Waals surface area contributed by atoms with Crippen molar-refractivity contribution in [3.05, 3.63) is 0 Å². The van der Waals surface area contributed by atoms with E-state index in [1.807, 2.05) is 0 Å². The maximum Gasteiger partial charge on any atom is 0.493 e. The van der Waals surface area contributed by atoms with E-state index in [2.05, 4.69) is 6.92 Å². The smallest absolute Gasteiger partial charge is 0.381 e. The minimum Gasteiger partial charge on any atom is -0.381 e. The SMILES string of the molecule is CCCCCCCCCO[Si](Cl)(Cl)Cl. The summed E-state index contributed by atoms with van der Waals surface area (Å²) in [6.45, 7) is 2.82. The average Bonchev–Trinajstić information content (AvgIpc) is 2.08. The number of halogens is 3. The highest BCUT2D eigenvalue weighted by Crippen LogP contribution is 2.21. The van der Waals surface area contributed by atoms with Crippen LogP contribution in [0.25, 0.3) is 0 Å². The van der Waals surface area contributed by atoms with Crippen molar-refractivity contribution in [3.63, 3.8) is 0 Å². The summed E-state index contributed by atoms with van der Waals surface area (Å²) in [5.74, 6) is 0. The van der Waals surface area contributed by atoms with Crippen molar-refractivity contribution >= 4 is 39.5 Å². The van der Waals surface area contributed by atoms with Crippen LogP contribution >= 0.6 is 33.2 Å². The maximum atomic E-state index is 5.56. The van der Waals surface area contributed by atoms with E-state index in [1.54, 1.807) is 0 Å². The first-order chi connectivity index (χ1) is 6.56. The predicted octanol–water partition coefficient (Wildman–Crippen LogP) is 4.91. The molecule has 0 bridgehead atoms. The first-order valence-electron chi connectivity index (χ1n) is 5.27. The molecule has 0 N–H and O–H groups in total. The van der Waals surface area contributed by atoms with Crippen LogP contribution in [0, 0.1) is 0 Å². The number of rotatable bonds is 9. The summed E-state index contributed by atoms with van der Waals surface area (Å²) in [5, 5.41) is 0. The summed E-state index contributed by atoms with van der Waals surface area (Å²) in [6.07, 6.45) is 5.93. The lowest BCUT2D eigenvalue weighted by atomic mass is 10.1. The standard InChI is InChI=1S/C9H19Cl3OSi/c1-2-3-4-5-6-7-8-9-13-14(10,11)12/h2-9H2,1H3. The topological polar surface area (TPSA) is 9.23 Å². The molecule has 0 fully saturated rings. The molecule has 0 saturated carbocycles. The minimum atomic E-state index is -2.82. The maximum absolute atomic E-state index is 5.56. The van der Waals surface area contributed by atoms with Gasteiger partial charge < -0.3 is 4.43 Å². The molecular weight excluding hydrogens is 259 g/mol. The zero-order valence-corrected chi connectivity index (χ0v) is 12.0. The largest absolute Gasteiger partial charge is 0.493 e. The van der Waals surface area contributed by atoms with Crippen LogP contribution in [-0.4, -0.2) is 12.9 Å². The van der Waals surface area contributed by atoms with Gasteiger partial charge in [0.2, 0.25) is 0 Å². The Morgan fingerprint density at radius 1 is 0.857 bits per heavy atom. The molecule has 0 rings (SSSR count). The van der Waals surface area contributed by atoms with Crippen molar-refractivity contribution in [2.45, 2.75) is 51.9 Å². The van der Waals surface area contributed by atoms with Gasteiger partial charge in [-0.1, -0.05) is 78.7 Å². The first kappa shape index (κ1) is 15.0. The van der Waals surface area contributed by atoms with E-state index in [4.69, 9.17) is 37.7 Å². The number of unbranched alkanes of at least 4 members (excludes halogenated alkanes) is 6. The summed E-state index contributed by atoms with van der Waals surface area (Å²) >= 11 is 16.7. The van der Waals surface area contributed by atoms with Crippen LogP contribution in [-0.2, 0) is 4.43 Å². The van der Waals surface area contributed by atoms with Crippen molar-refractivity contribution < 1.29 is 4.43 Å². The molecule has 0 heterocycles. The molecule has 0 aromatic heterocycles. The molecule has 0 radical (unpaired) electrons. The third-order valence-corrected chi connectivity index (χ3v) is 3.53. The molecule has 0 spiro atoms. The summed E-state index contributed by atoms with van der Waals surface area (Å²) in [4.78, 5) is 0. The van der Waals surface area contributed by atoms with Crippen LogP contribution in [0.4, 0.5) is 0 Å². The summed E-state index contributed by atoms with van der Waals surface area (Å²) in [7, 11) is 0. The van der Waals surface area contributed by atoms with Crippen molar-refractivity contribution in [3.8, 4) is 0 Å². The predicted molar refractivity (Wildman–Crippen MR) is 67.3 cm³/mol. The molecule has 0 atom stereocenters. The molecule has 0 amide bonds. The molecule has 1 nitrogen and oxygen atoms in total. The zero-order chi connectivity index (χ0) is 10.9. The lowest BCUT2D eigenvalue weighted by Gasteiger charge is -2.08. The molecule has 86 valence electrons. The van der Waals surface area contributed by atoms with E-state index in [1.165, 1.54) is 38.5 Å². The van der Waals surface area contributed by atoms with Crippen LogP contribution in [0.3, 0.4) is 0 Å². The summed E-state index contributed by atoms with van der Waals surface area (Å²) < 4.78 is 5.09. The van der Waals surface area contributed by atoms with Gasteiger partial charge >= 0.3 is 6.25 Å². The Hall–Kier alpha value is 1.05. The average molecular weight is 278 g/mol. The van der Waals surface area contributed by atoms with Crippen molar-refractivity contribution in [2.75, 3.05) is 6.61 Å². The molecule has 0 unspecified atom stereocenters. The second kappa shape index (κ2) is 9.29. The lowest BCUT2D eigenvalue weighted by molar-refractivity contribution is 0.320. The van der Waals surface area contributed by atoms with E-state index in [9.17, 15) is 0 Å². The Labute approximate surface area is 102 Å². The van der Waals surface area contributed by atoms with Gasteiger partial charge in [-0.3, -0.25) is 0 Å². The van der Waals surface area contributed by atoms with E-state index in [0.29, 0.717) is 6.61 Å². The third-order valence-electron chi connectivity index (χ3n) is 2.01. The molecule has 0 aliphatic carbocycles. The Morgan fingerprint density at radius 3 is 1.86 bits per heavy atom. The summed E-state index contributed by atoms with van der Waals surface area (Å²) in [6, 6.07) is 0. The fraction of sp³-hybridized carbons (Fsp3) is 1.00. The lowest BCUT2D eigenvalue weighted by Crippen LogP contribution is -2.16. The summed E-state index contributed by atoms with van der Waals surface area (Å²) in [5.41, 5.74) is 0. The monoisotopic (exact) mass is 276 g/mol. The fourth-order valence-electron chi connectivity index (χ4n) is 1.25. The van der Waals surface area contributed by atoms with Gasteiger partial charge in [-0.15, -0.1) is 0 Å². The van der Waals surface area contributed by atoms with Gasteiger partial charge in [0.05, 0.1) is 0 Å². The van der Waals surface area contributed by atoms with Crippen LogP contribution in [0.1, 0.15) is 51.9 Å². The van der Waals surface area contributed by atoms with E-state index < -0.39 is 6.25 Å². The Morgan fingerprint density at radius 2 is 1.36 bits per heavy atom. The van der Waals surface area contributed by atoms with E-state index >= 15 is 0 Å². The minimum absolute atomic E-state index is 0.594. The molecular formula is C9H19Cl3OSi. The van der Waals surface area contributed by atoms with Gasteiger partial charge in [0.1, 0.15) is 0 Å². The van der Waals surface area contributed by atoms with Crippen molar-refractivity contribution in [1.29, 1.82) is 0 Å². The van der Waals surface area contributed by atoms with Crippen LogP contribution in [0.5, 0.6) is 0 Å². The van der Waals surface area contributed by atoms with Crippen molar-refractivity contribution in [1.82, 2.24) is 0 Å². The van der Waals surface area contributed by atoms with Gasteiger partial charge in [-0.2, -0.15) is 0 Å². The van der Waals surface area contributed by atoms with Gasteiger partial charge in [0.15, 0.2) is 0 Å². The number of hydrogen-bond donors (Lipinski definition) is 0. The second-order valence-electron chi connectivity index (χ2n) is 3.42. The molecule has 0 aromatic rings. The van der Waals surface area contributed by atoms with Crippen LogP contribution in [0.15, 0.2) is 0 Å². The van der Waals surface area contributed by atoms with Crippen molar-refractivity contribution in [2.24, 2.45) is 0 Å². The third kappa shape index (κ3) is 13.0. The van der Waals surface area contributed by atoms with Gasteiger partial charge in [-0.05, 0) is 6.42 Å². The van der Waals surface area contributed by atoms with Gasteiger partial charge in [0, 0.05) is 6.61 Å². The van der Waals surface area contributed by atoms with Gasteiger partial charge in [-0.25, -0.2) is 0 Å². The number of hydrogen-bond acceptors (Lipinski definition) is 1. The Bertz CT molecular complexity index is 128. The highest BCUT2D eigenvalue weighted by molar-refractivity contribution is 7.62. The van der Waals surface area contributed by atoms with Crippen LogP contribution < -0.4 is 0 Å². The quantitative estimate of drug-likeness (QED) is 0.331. The normalized spacial score (nSPS) is 12.0. The first-order valence-corrected chi connectivity index (χ1v) is 10.2. The molecule has 5 heteroatoms. The van der Waals surface area contributed by atoms with E-state index in [0.717, 1.165) is 6.42 Å². The molecule has 0 aromatic carbocycles. The molecule has 0 aliphatic heterocycles. The Balaban J connectivity index is 2.99. The fourth-order valence-corrected chi connectivity index (χ4v) is 2.32. The molecule has 0 aliphatic rings. The second-order valence-corrected chi connectivity index (χ2v) is 11.1. The molecule has 0 saturated heterocycles. The zero-order valence-electron chi connectivity index (χ0n) is 8.70. The highest BCUT2D eigenvalue weighted by atomic mass is 35.8. The highest BCUT2D eigenvalue weighted by Gasteiger charge is 2.26.